The van der Waals surface area contributed by atoms with Crippen LogP contribution in [0.25, 0.3) is 0 Å². The van der Waals surface area contributed by atoms with E-state index in [-0.39, 0.29) is 6.67 Å². The van der Waals surface area contributed by atoms with E-state index in [9.17, 15) is 4.39 Å². The lowest BCUT2D eigenvalue weighted by Crippen LogP contribution is -1.99. The number of alkyl halides is 1. The predicted octanol–water partition coefficient (Wildman–Crippen LogP) is 2.16. The standard InChI is InChI=1S/C7H10FIN2/c1-6-5-11(4-2-3-8)10-7(6)9/h5H,2-4H2,1H3. The molecule has 0 aliphatic rings. The maximum Gasteiger partial charge on any atom is 0.126 e. The third-order valence-corrected chi connectivity index (χ3v) is 2.47. The predicted molar refractivity (Wildman–Crippen MR) is 50.3 cm³/mol. The smallest absolute Gasteiger partial charge is 0.126 e. The van der Waals surface area contributed by atoms with Crippen molar-refractivity contribution in [3.05, 3.63) is 15.5 Å². The van der Waals surface area contributed by atoms with Gasteiger partial charge in [-0.1, -0.05) is 0 Å². The summed E-state index contributed by atoms with van der Waals surface area (Å²) in [5.41, 5.74) is 1.16. The molecule has 2 nitrogen and oxygen atoms in total. The molecule has 0 bridgehead atoms. The number of hydrogen-bond donors (Lipinski definition) is 0. The molecule has 1 aromatic heterocycles. The first-order valence-corrected chi connectivity index (χ1v) is 4.57. The van der Waals surface area contributed by atoms with Gasteiger partial charge in [-0.15, -0.1) is 0 Å². The van der Waals surface area contributed by atoms with E-state index in [2.05, 4.69) is 27.7 Å². The van der Waals surface area contributed by atoms with Crippen LogP contribution in [0.15, 0.2) is 6.20 Å². The zero-order chi connectivity index (χ0) is 8.27. The Hall–Kier alpha value is -0.130. The van der Waals surface area contributed by atoms with Crippen LogP contribution in [0.4, 0.5) is 4.39 Å². The maximum absolute atomic E-state index is 11.7. The molecule has 0 radical (unpaired) electrons. The SMILES string of the molecule is Cc1cn(CCCF)nc1I. The van der Waals surface area contributed by atoms with Gasteiger partial charge < -0.3 is 0 Å². The number of nitrogens with zero attached hydrogens (tertiary/aromatic N) is 2. The van der Waals surface area contributed by atoms with Crippen molar-refractivity contribution >= 4 is 22.6 Å². The van der Waals surface area contributed by atoms with E-state index in [0.29, 0.717) is 13.0 Å². The Kier molecular flexibility index (Phi) is 3.29. The molecule has 0 N–H and O–H groups in total. The fourth-order valence-corrected chi connectivity index (χ4v) is 1.25. The largest absolute Gasteiger partial charge is 0.271 e. The molecule has 0 aliphatic carbocycles. The van der Waals surface area contributed by atoms with Gasteiger partial charge in [-0.3, -0.25) is 9.07 Å². The van der Waals surface area contributed by atoms with Gasteiger partial charge in [0.2, 0.25) is 0 Å². The first kappa shape index (κ1) is 8.96. The van der Waals surface area contributed by atoms with Crippen LogP contribution in [0, 0.1) is 10.6 Å². The molecule has 0 unspecified atom stereocenters. The highest BCUT2D eigenvalue weighted by atomic mass is 127. The summed E-state index contributed by atoms with van der Waals surface area (Å²) < 4.78 is 14.5. The summed E-state index contributed by atoms with van der Waals surface area (Å²) in [7, 11) is 0. The van der Waals surface area contributed by atoms with Crippen molar-refractivity contribution in [2.45, 2.75) is 19.9 Å². The number of hydrogen-bond acceptors (Lipinski definition) is 1. The Morgan fingerprint density at radius 2 is 2.45 bits per heavy atom. The number of rotatable bonds is 3. The lowest BCUT2D eigenvalue weighted by atomic mass is 10.4. The van der Waals surface area contributed by atoms with E-state index in [4.69, 9.17) is 0 Å². The van der Waals surface area contributed by atoms with E-state index >= 15 is 0 Å². The third-order valence-electron chi connectivity index (χ3n) is 1.41. The van der Waals surface area contributed by atoms with E-state index in [1.54, 1.807) is 4.68 Å². The Labute approximate surface area is 78.9 Å². The van der Waals surface area contributed by atoms with E-state index < -0.39 is 0 Å². The molecular weight excluding hydrogens is 258 g/mol. The lowest BCUT2D eigenvalue weighted by Gasteiger charge is -1.95. The fraction of sp³-hybridized carbons (Fsp3) is 0.571. The number of aromatic nitrogens is 2. The first-order chi connectivity index (χ1) is 5.24. The second-order valence-electron chi connectivity index (χ2n) is 2.41. The average Bonchev–Trinajstić information content (AvgIpc) is 2.28. The minimum atomic E-state index is -0.268. The molecular formula is C7H10FIN2. The Bertz CT molecular complexity index is 215. The summed E-state index contributed by atoms with van der Waals surface area (Å²) in [6.07, 6.45) is 2.49. The second-order valence-corrected chi connectivity index (χ2v) is 3.43. The minimum absolute atomic E-state index is 0.268. The highest BCUT2D eigenvalue weighted by molar-refractivity contribution is 14.1. The van der Waals surface area contributed by atoms with Gasteiger partial charge in [0.1, 0.15) is 3.70 Å². The van der Waals surface area contributed by atoms with Gasteiger partial charge in [0.15, 0.2) is 0 Å². The molecule has 0 amide bonds. The van der Waals surface area contributed by atoms with Gasteiger partial charge in [0, 0.05) is 18.3 Å². The van der Waals surface area contributed by atoms with Crippen molar-refractivity contribution in [3.63, 3.8) is 0 Å². The highest BCUT2D eigenvalue weighted by Crippen LogP contribution is 2.07. The summed E-state index contributed by atoms with van der Waals surface area (Å²) in [6, 6.07) is 0. The Morgan fingerprint density at radius 3 is 2.91 bits per heavy atom. The van der Waals surface area contributed by atoms with Crippen molar-refractivity contribution in [2.24, 2.45) is 0 Å². The fourth-order valence-electron chi connectivity index (χ4n) is 0.834. The van der Waals surface area contributed by atoms with Crippen LogP contribution in [0.2, 0.25) is 0 Å². The van der Waals surface area contributed by atoms with Crippen molar-refractivity contribution in [3.8, 4) is 0 Å². The average molecular weight is 268 g/mol. The Morgan fingerprint density at radius 1 is 1.73 bits per heavy atom. The zero-order valence-electron chi connectivity index (χ0n) is 6.35. The van der Waals surface area contributed by atoms with Crippen molar-refractivity contribution in [1.82, 2.24) is 9.78 Å². The summed E-state index contributed by atoms with van der Waals surface area (Å²) >= 11 is 2.17. The van der Waals surface area contributed by atoms with Gasteiger partial charge in [-0.2, -0.15) is 5.10 Å². The molecule has 1 aromatic rings. The van der Waals surface area contributed by atoms with Crippen LogP contribution >= 0.6 is 22.6 Å². The molecule has 0 spiro atoms. The zero-order valence-corrected chi connectivity index (χ0v) is 8.51. The van der Waals surface area contributed by atoms with Crippen molar-refractivity contribution in [1.29, 1.82) is 0 Å². The monoisotopic (exact) mass is 268 g/mol. The molecule has 0 atom stereocenters. The normalized spacial score (nSPS) is 10.5. The van der Waals surface area contributed by atoms with Crippen LogP contribution in [0.1, 0.15) is 12.0 Å². The van der Waals surface area contributed by atoms with Crippen LogP contribution in [-0.2, 0) is 6.54 Å². The van der Waals surface area contributed by atoms with E-state index in [0.717, 1.165) is 9.26 Å². The molecule has 0 aromatic carbocycles. The van der Waals surface area contributed by atoms with Crippen molar-refractivity contribution in [2.75, 3.05) is 6.67 Å². The van der Waals surface area contributed by atoms with Gasteiger partial charge >= 0.3 is 0 Å². The van der Waals surface area contributed by atoms with Crippen LogP contribution in [-0.4, -0.2) is 16.5 Å². The quantitative estimate of drug-likeness (QED) is 0.768. The molecule has 62 valence electrons. The highest BCUT2D eigenvalue weighted by Gasteiger charge is 1.99. The molecule has 0 saturated heterocycles. The lowest BCUT2D eigenvalue weighted by molar-refractivity contribution is 0.434. The van der Waals surface area contributed by atoms with Crippen LogP contribution in [0.5, 0.6) is 0 Å². The van der Waals surface area contributed by atoms with Gasteiger partial charge in [-0.05, 0) is 35.9 Å². The van der Waals surface area contributed by atoms with Crippen LogP contribution < -0.4 is 0 Å². The molecule has 1 heterocycles. The summed E-state index contributed by atoms with van der Waals surface area (Å²) in [6.45, 7) is 2.41. The summed E-state index contributed by atoms with van der Waals surface area (Å²) in [4.78, 5) is 0. The molecule has 0 saturated carbocycles. The first-order valence-electron chi connectivity index (χ1n) is 3.49. The van der Waals surface area contributed by atoms with Gasteiger partial charge in [-0.25, -0.2) is 0 Å². The summed E-state index contributed by atoms with van der Waals surface area (Å²) in [5.74, 6) is 0. The van der Waals surface area contributed by atoms with Crippen LogP contribution in [0.3, 0.4) is 0 Å². The Balaban J connectivity index is 2.58. The molecule has 1 rings (SSSR count). The van der Waals surface area contributed by atoms with Gasteiger partial charge in [0.25, 0.3) is 0 Å². The molecule has 11 heavy (non-hydrogen) atoms. The molecule has 0 aliphatic heterocycles. The van der Waals surface area contributed by atoms with Crippen molar-refractivity contribution < 1.29 is 4.39 Å². The summed E-state index contributed by atoms with van der Waals surface area (Å²) in [5, 5.41) is 4.18. The van der Waals surface area contributed by atoms with E-state index in [1.807, 2.05) is 13.1 Å². The second kappa shape index (κ2) is 4.04. The topological polar surface area (TPSA) is 17.8 Å². The third kappa shape index (κ3) is 2.43. The maximum atomic E-state index is 11.7. The molecule has 0 fully saturated rings. The molecule has 4 heteroatoms. The minimum Gasteiger partial charge on any atom is -0.271 e. The van der Waals surface area contributed by atoms with Gasteiger partial charge in [0.05, 0.1) is 6.67 Å². The van der Waals surface area contributed by atoms with E-state index in [1.165, 1.54) is 0 Å². The number of aryl methyl sites for hydroxylation is 2. The number of halogens is 2.